The Morgan fingerprint density at radius 3 is 2.60 bits per heavy atom. The van der Waals surface area contributed by atoms with Crippen molar-refractivity contribution in [1.82, 2.24) is 10.2 Å². The molecule has 0 bridgehead atoms. The lowest BCUT2D eigenvalue weighted by Gasteiger charge is -2.25. The smallest absolute Gasteiger partial charge is 0.257 e. The molecule has 1 aliphatic rings. The van der Waals surface area contributed by atoms with Crippen molar-refractivity contribution in [1.29, 1.82) is 0 Å². The molecule has 1 saturated heterocycles. The van der Waals surface area contributed by atoms with Gasteiger partial charge in [0.25, 0.3) is 5.91 Å². The lowest BCUT2D eigenvalue weighted by atomic mass is 10.1. The summed E-state index contributed by atoms with van der Waals surface area (Å²) < 4.78 is 26.4. The lowest BCUT2D eigenvalue weighted by molar-refractivity contribution is -0.126. The van der Waals surface area contributed by atoms with E-state index in [9.17, 15) is 23.2 Å². The fourth-order valence-electron chi connectivity index (χ4n) is 2.11. The molecule has 1 N–H and O–H groups in total. The van der Waals surface area contributed by atoms with Gasteiger partial charge in [-0.2, -0.15) is 0 Å². The average Bonchev–Trinajstić information content (AvgIpc) is 2.69. The van der Waals surface area contributed by atoms with Gasteiger partial charge < -0.3 is 4.90 Å². The first-order valence-electron chi connectivity index (χ1n) is 6.03. The van der Waals surface area contributed by atoms with Gasteiger partial charge in [0.05, 0.1) is 12.0 Å². The van der Waals surface area contributed by atoms with Gasteiger partial charge in [-0.15, -0.1) is 0 Å². The highest BCUT2D eigenvalue weighted by Gasteiger charge is 2.37. The molecule has 0 unspecified atom stereocenters. The third-order valence-corrected chi connectivity index (χ3v) is 3.08. The van der Waals surface area contributed by atoms with Crippen LogP contribution in [0.1, 0.15) is 23.7 Å². The first-order chi connectivity index (χ1) is 9.43. The van der Waals surface area contributed by atoms with Gasteiger partial charge in [0.1, 0.15) is 17.7 Å². The summed E-state index contributed by atoms with van der Waals surface area (Å²) in [5.41, 5.74) is -0.333. The molecule has 1 atom stereocenters. The number of imide groups is 1. The van der Waals surface area contributed by atoms with E-state index in [0.717, 1.165) is 17.0 Å². The molecular formula is C13H12F2N2O3. The van der Waals surface area contributed by atoms with Crippen molar-refractivity contribution in [2.45, 2.75) is 19.4 Å². The Hall–Kier alpha value is -2.31. The number of hydrogen-bond donors (Lipinski definition) is 1. The van der Waals surface area contributed by atoms with Gasteiger partial charge in [-0.05, 0) is 19.1 Å². The second-order valence-corrected chi connectivity index (χ2v) is 4.35. The summed E-state index contributed by atoms with van der Waals surface area (Å²) in [6, 6.07) is 1.62. The van der Waals surface area contributed by atoms with Crippen LogP contribution in [0.5, 0.6) is 0 Å². The van der Waals surface area contributed by atoms with E-state index in [1.165, 1.54) is 0 Å². The normalized spacial score (nSPS) is 18.1. The van der Waals surface area contributed by atoms with Crippen molar-refractivity contribution in [2.24, 2.45) is 0 Å². The number of rotatable bonds is 3. The highest BCUT2D eigenvalue weighted by atomic mass is 19.1. The Labute approximate surface area is 113 Å². The van der Waals surface area contributed by atoms with E-state index in [1.807, 2.05) is 0 Å². The molecule has 2 rings (SSSR count). The number of amides is 3. The SMILES string of the molecule is CCN(C(=O)c1ccc(F)cc1F)[C@@H]1CC(=O)NC1=O. The Kier molecular flexibility index (Phi) is 3.78. The number of benzene rings is 1. The molecule has 3 amide bonds. The van der Waals surface area contributed by atoms with Crippen LogP contribution in [0, 0.1) is 11.6 Å². The number of carbonyl (C=O) groups excluding carboxylic acids is 3. The largest absolute Gasteiger partial charge is 0.326 e. The second-order valence-electron chi connectivity index (χ2n) is 4.35. The molecule has 1 aromatic carbocycles. The van der Waals surface area contributed by atoms with E-state index in [-0.39, 0.29) is 18.5 Å². The summed E-state index contributed by atoms with van der Waals surface area (Å²) in [7, 11) is 0. The summed E-state index contributed by atoms with van der Waals surface area (Å²) >= 11 is 0. The Balaban J connectivity index is 2.29. The highest BCUT2D eigenvalue weighted by molar-refractivity contribution is 6.08. The van der Waals surface area contributed by atoms with Crippen molar-refractivity contribution < 1.29 is 23.2 Å². The Morgan fingerprint density at radius 1 is 1.40 bits per heavy atom. The number of hydrogen-bond acceptors (Lipinski definition) is 3. The number of halogens is 2. The van der Waals surface area contributed by atoms with Crippen LogP contribution in [0.15, 0.2) is 18.2 Å². The Morgan fingerprint density at radius 2 is 2.10 bits per heavy atom. The maximum absolute atomic E-state index is 13.6. The number of carbonyl (C=O) groups is 3. The van der Waals surface area contributed by atoms with Gasteiger partial charge in [-0.25, -0.2) is 8.78 Å². The highest BCUT2D eigenvalue weighted by Crippen LogP contribution is 2.17. The third kappa shape index (κ3) is 2.52. The molecule has 7 heteroatoms. The minimum absolute atomic E-state index is 0.126. The van der Waals surface area contributed by atoms with E-state index in [2.05, 4.69) is 5.32 Å². The first-order valence-corrected chi connectivity index (χ1v) is 6.03. The molecule has 20 heavy (non-hydrogen) atoms. The molecule has 1 aromatic rings. The standard InChI is InChI=1S/C13H12F2N2O3/c1-2-17(10-6-11(18)16-12(10)19)13(20)8-4-3-7(14)5-9(8)15/h3-5,10H,2,6H2,1H3,(H,16,18,19)/t10-/m1/s1. The van der Waals surface area contributed by atoms with Gasteiger partial charge in [-0.3, -0.25) is 19.7 Å². The van der Waals surface area contributed by atoms with Gasteiger partial charge in [0, 0.05) is 12.6 Å². The molecular weight excluding hydrogens is 270 g/mol. The molecule has 1 heterocycles. The van der Waals surface area contributed by atoms with Crippen LogP contribution in [0.4, 0.5) is 8.78 Å². The summed E-state index contributed by atoms with van der Waals surface area (Å²) in [6.45, 7) is 1.73. The van der Waals surface area contributed by atoms with E-state index in [1.54, 1.807) is 6.92 Å². The first kappa shape index (κ1) is 14.1. The molecule has 1 aliphatic heterocycles. The summed E-state index contributed by atoms with van der Waals surface area (Å²) in [5.74, 6) is -3.62. The maximum Gasteiger partial charge on any atom is 0.257 e. The third-order valence-electron chi connectivity index (χ3n) is 3.08. The van der Waals surface area contributed by atoms with Crippen LogP contribution in [0.25, 0.3) is 0 Å². The molecule has 0 saturated carbocycles. The Bertz CT molecular complexity index is 589. The van der Waals surface area contributed by atoms with Crippen molar-refractivity contribution in [3.8, 4) is 0 Å². The van der Waals surface area contributed by atoms with Gasteiger partial charge >= 0.3 is 0 Å². The second kappa shape index (κ2) is 5.36. The fourth-order valence-corrected chi connectivity index (χ4v) is 2.11. The van der Waals surface area contributed by atoms with Crippen LogP contribution < -0.4 is 5.32 Å². The zero-order valence-electron chi connectivity index (χ0n) is 10.7. The minimum atomic E-state index is -1.00. The van der Waals surface area contributed by atoms with E-state index >= 15 is 0 Å². The molecule has 0 aromatic heterocycles. The van der Waals surface area contributed by atoms with Crippen LogP contribution in [-0.2, 0) is 9.59 Å². The maximum atomic E-state index is 13.6. The van der Waals surface area contributed by atoms with E-state index < -0.39 is 35.4 Å². The van der Waals surface area contributed by atoms with Crippen molar-refractivity contribution in [3.05, 3.63) is 35.4 Å². The topological polar surface area (TPSA) is 66.5 Å². The summed E-state index contributed by atoms with van der Waals surface area (Å²) in [4.78, 5) is 36.1. The minimum Gasteiger partial charge on any atom is -0.326 e. The lowest BCUT2D eigenvalue weighted by Crippen LogP contribution is -2.44. The van der Waals surface area contributed by atoms with E-state index in [0.29, 0.717) is 6.07 Å². The quantitative estimate of drug-likeness (QED) is 0.835. The summed E-state index contributed by atoms with van der Waals surface area (Å²) in [5, 5.41) is 2.09. The average molecular weight is 282 g/mol. The van der Waals surface area contributed by atoms with Crippen molar-refractivity contribution in [3.63, 3.8) is 0 Å². The number of nitrogens with zero attached hydrogens (tertiary/aromatic N) is 1. The van der Waals surface area contributed by atoms with Crippen LogP contribution >= 0.6 is 0 Å². The molecule has 106 valence electrons. The molecule has 0 spiro atoms. The fraction of sp³-hybridized carbons (Fsp3) is 0.308. The van der Waals surface area contributed by atoms with Crippen LogP contribution in [0.2, 0.25) is 0 Å². The van der Waals surface area contributed by atoms with Crippen LogP contribution in [-0.4, -0.2) is 35.2 Å². The molecule has 5 nitrogen and oxygen atoms in total. The monoisotopic (exact) mass is 282 g/mol. The zero-order valence-corrected chi connectivity index (χ0v) is 10.7. The van der Waals surface area contributed by atoms with Crippen molar-refractivity contribution in [2.75, 3.05) is 6.54 Å². The predicted octanol–water partition coefficient (Wildman–Crippen LogP) is 0.842. The van der Waals surface area contributed by atoms with Gasteiger partial charge in [-0.1, -0.05) is 0 Å². The van der Waals surface area contributed by atoms with Gasteiger partial charge in [0.2, 0.25) is 11.8 Å². The summed E-state index contributed by atoms with van der Waals surface area (Å²) in [6.07, 6.45) is -0.152. The predicted molar refractivity (Wildman–Crippen MR) is 64.6 cm³/mol. The van der Waals surface area contributed by atoms with Crippen molar-refractivity contribution >= 4 is 17.7 Å². The van der Waals surface area contributed by atoms with Crippen LogP contribution in [0.3, 0.4) is 0 Å². The zero-order chi connectivity index (χ0) is 14.9. The van der Waals surface area contributed by atoms with Gasteiger partial charge in [0.15, 0.2) is 0 Å². The number of likely N-dealkylation sites (N-methyl/N-ethyl adjacent to an activating group) is 1. The molecule has 0 radical (unpaired) electrons. The molecule has 1 fully saturated rings. The van der Waals surface area contributed by atoms with E-state index in [4.69, 9.17) is 0 Å². The number of nitrogens with one attached hydrogen (secondary N) is 1. The molecule has 0 aliphatic carbocycles.